The van der Waals surface area contributed by atoms with Gasteiger partial charge in [-0.3, -0.25) is 0 Å². The maximum absolute atomic E-state index is 5.26. The molecule has 0 radical (unpaired) electrons. The Labute approximate surface area is 124 Å². The molecule has 3 heteroatoms. The molecule has 0 amide bonds. The van der Waals surface area contributed by atoms with Crippen LogP contribution in [0.25, 0.3) is 0 Å². The zero-order chi connectivity index (χ0) is 14.8. The Morgan fingerprint density at radius 3 is 2.70 bits per heavy atom. The number of rotatable bonds is 10. The number of nitrogens with zero attached hydrogens (tertiary/aromatic N) is 1. The molecule has 0 aliphatic rings. The van der Waals surface area contributed by atoms with Gasteiger partial charge in [0.15, 0.2) is 0 Å². The Kier molecular flexibility index (Phi) is 8.31. The van der Waals surface area contributed by atoms with Crippen molar-refractivity contribution in [2.75, 3.05) is 27.2 Å². The molecule has 0 fully saturated rings. The molecule has 0 saturated carbocycles. The molecule has 0 atom stereocenters. The first-order valence-electron chi connectivity index (χ1n) is 7.66. The quantitative estimate of drug-likeness (QED) is 0.665. The van der Waals surface area contributed by atoms with Crippen molar-refractivity contribution in [3.05, 3.63) is 29.8 Å². The van der Waals surface area contributed by atoms with Crippen LogP contribution in [0.1, 0.15) is 38.7 Å². The van der Waals surface area contributed by atoms with E-state index in [4.69, 9.17) is 4.74 Å². The van der Waals surface area contributed by atoms with Gasteiger partial charge in [0.1, 0.15) is 5.75 Å². The minimum atomic E-state index is 0.603. The minimum Gasteiger partial charge on any atom is -0.497 e. The second-order valence-electron chi connectivity index (χ2n) is 5.76. The minimum absolute atomic E-state index is 0.603. The predicted octanol–water partition coefficient (Wildman–Crippen LogP) is 3.30. The molecule has 0 bridgehead atoms. The van der Waals surface area contributed by atoms with Crippen LogP contribution in [0.15, 0.2) is 24.3 Å². The van der Waals surface area contributed by atoms with Crippen LogP contribution in [0.5, 0.6) is 5.75 Å². The van der Waals surface area contributed by atoms with Crippen molar-refractivity contribution in [1.29, 1.82) is 0 Å². The van der Waals surface area contributed by atoms with Gasteiger partial charge in [0, 0.05) is 12.6 Å². The number of nitrogens with one attached hydrogen (secondary N) is 1. The molecule has 3 nitrogen and oxygen atoms in total. The summed E-state index contributed by atoms with van der Waals surface area (Å²) in [5, 5.41) is 3.46. The van der Waals surface area contributed by atoms with E-state index in [9.17, 15) is 0 Å². The number of benzene rings is 1. The van der Waals surface area contributed by atoms with Gasteiger partial charge >= 0.3 is 0 Å². The first-order chi connectivity index (χ1) is 9.61. The van der Waals surface area contributed by atoms with Gasteiger partial charge in [-0.25, -0.2) is 0 Å². The normalized spacial score (nSPS) is 11.3. The highest BCUT2D eigenvalue weighted by Crippen LogP contribution is 2.14. The van der Waals surface area contributed by atoms with Crippen molar-refractivity contribution in [2.24, 2.45) is 0 Å². The van der Waals surface area contributed by atoms with Gasteiger partial charge < -0.3 is 15.0 Å². The monoisotopic (exact) mass is 278 g/mol. The van der Waals surface area contributed by atoms with Gasteiger partial charge in [0.2, 0.25) is 0 Å². The molecule has 0 aliphatic carbocycles. The standard InChI is InChI=1S/C17H30N2O/c1-15(2)18-11-6-5-7-12-19(3)14-16-9-8-10-17(13-16)20-4/h8-10,13,15,18H,5-7,11-12,14H2,1-4H3. The molecule has 20 heavy (non-hydrogen) atoms. The van der Waals surface area contributed by atoms with Crippen LogP contribution in [-0.4, -0.2) is 38.2 Å². The Bertz CT molecular complexity index is 366. The highest BCUT2D eigenvalue weighted by atomic mass is 16.5. The first kappa shape index (κ1) is 17.0. The summed E-state index contributed by atoms with van der Waals surface area (Å²) in [5.41, 5.74) is 1.31. The van der Waals surface area contributed by atoms with E-state index < -0.39 is 0 Å². The van der Waals surface area contributed by atoms with E-state index in [0.29, 0.717) is 6.04 Å². The van der Waals surface area contributed by atoms with Crippen molar-refractivity contribution in [2.45, 2.75) is 45.7 Å². The van der Waals surface area contributed by atoms with Crippen molar-refractivity contribution in [3.8, 4) is 5.75 Å². The zero-order valence-electron chi connectivity index (χ0n) is 13.5. The Balaban J connectivity index is 2.15. The van der Waals surface area contributed by atoms with Gasteiger partial charge in [-0.1, -0.05) is 32.4 Å². The summed E-state index contributed by atoms with van der Waals surface area (Å²) in [7, 11) is 3.90. The third-order valence-corrected chi connectivity index (χ3v) is 3.36. The number of ether oxygens (including phenoxy) is 1. The molecular formula is C17H30N2O. The lowest BCUT2D eigenvalue weighted by atomic mass is 10.2. The van der Waals surface area contributed by atoms with Gasteiger partial charge in [-0.2, -0.15) is 0 Å². The number of hydrogen-bond acceptors (Lipinski definition) is 3. The Hall–Kier alpha value is -1.06. The van der Waals surface area contributed by atoms with Gasteiger partial charge in [-0.15, -0.1) is 0 Å². The predicted molar refractivity (Wildman–Crippen MR) is 86.3 cm³/mol. The molecule has 0 unspecified atom stereocenters. The molecule has 1 aromatic rings. The van der Waals surface area contributed by atoms with E-state index in [2.05, 4.69) is 49.3 Å². The average Bonchev–Trinajstić information content (AvgIpc) is 2.42. The van der Waals surface area contributed by atoms with E-state index >= 15 is 0 Å². The summed E-state index contributed by atoms with van der Waals surface area (Å²) in [6.45, 7) is 7.67. The molecule has 114 valence electrons. The number of unbranched alkanes of at least 4 members (excludes halogenated alkanes) is 2. The van der Waals surface area contributed by atoms with Gasteiger partial charge in [0.05, 0.1) is 7.11 Å². The molecule has 0 aromatic heterocycles. The van der Waals surface area contributed by atoms with E-state index in [1.54, 1.807) is 7.11 Å². The third-order valence-electron chi connectivity index (χ3n) is 3.36. The van der Waals surface area contributed by atoms with Gasteiger partial charge in [-0.05, 0) is 50.7 Å². The molecule has 1 rings (SSSR count). The lowest BCUT2D eigenvalue weighted by molar-refractivity contribution is 0.316. The van der Waals surface area contributed by atoms with Crippen LogP contribution in [0.3, 0.4) is 0 Å². The van der Waals surface area contributed by atoms with Crippen molar-refractivity contribution in [1.82, 2.24) is 10.2 Å². The van der Waals surface area contributed by atoms with E-state index in [1.807, 2.05) is 6.07 Å². The number of methoxy groups -OCH3 is 1. The molecule has 0 spiro atoms. The Morgan fingerprint density at radius 2 is 2.00 bits per heavy atom. The van der Waals surface area contributed by atoms with Crippen molar-refractivity contribution in [3.63, 3.8) is 0 Å². The fourth-order valence-corrected chi connectivity index (χ4v) is 2.24. The lowest BCUT2D eigenvalue weighted by Gasteiger charge is -2.17. The summed E-state index contributed by atoms with van der Waals surface area (Å²) < 4.78 is 5.26. The largest absolute Gasteiger partial charge is 0.497 e. The Morgan fingerprint density at radius 1 is 1.20 bits per heavy atom. The van der Waals surface area contributed by atoms with E-state index in [0.717, 1.165) is 25.4 Å². The van der Waals surface area contributed by atoms with Crippen molar-refractivity contribution < 1.29 is 4.74 Å². The number of hydrogen-bond donors (Lipinski definition) is 1. The average molecular weight is 278 g/mol. The summed E-state index contributed by atoms with van der Waals surface area (Å²) in [5.74, 6) is 0.940. The fraction of sp³-hybridized carbons (Fsp3) is 0.647. The lowest BCUT2D eigenvalue weighted by Crippen LogP contribution is -2.24. The smallest absolute Gasteiger partial charge is 0.119 e. The van der Waals surface area contributed by atoms with Gasteiger partial charge in [0.25, 0.3) is 0 Å². The van der Waals surface area contributed by atoms with E-state index in [1.165, 1.54) is 24.8 Å². The maximum atomic E-state index is 5.26. The summed E-state index contributed by atoms with van der Waals surface area (Å²) in [4.78, 5) is 2.38. The molecule has 0 saturated heterocycles. The summed E-state index contributed by atoms with van der Waals surface area (Å²) >= 11 is 0. The van der Waals surface area contributed by atoms with E-state index in [-0.39, 0.29) is 0 Å². The van der Waals surface area contributed by atoms with Crippen LogP contribution in [-0.2, 0) is 6.54 Å². The molecule has 0 aliphatic heterocycles. The third kappa shape index (κ3) is 7.51. The topological polar surface area (TPSA) is 24.5 Å². The molecule has 1 N–H and O–H groups in total. The van der Waals surface area contributed by atoms with Crippen LogP contribution < -0.4 is 10.1 Å². The molecule has 0 heterocycles. The second kappa shape index (κ2) is 9.78. The molecule has 1 aromatic carbocycles. The fourth-order valence-electron chi connectivity index (χ4n) is 2.24. The summed E-state index contributed by atoms with van der Waals surface area (Å²) in [6.07, 6.45) is 3.83. The summed E-state index contributed by atoms with van der Waals surface area (Å²) in [6, 6.07) is 8.92. The van der Waals surface area contributed by atoms with Crippen LogP contribution in [0.4, 0.5) is 0 Å². The molecular weight excluding hydrogens is 248 g/mol. The van der Waals surface area contributed by atoms with Crippen LogP contribution in [0, 0.1) is 0 Å². The zero-order valence-corrected chi connectivity index (χ0v) is 13.5. The maximum Gasteiger partial charge on any atom is 0.119 e. The highest BCUT2D eigenvalue weighted by molar-refractivity contribution is 5.28. The highest BCUT2D eigenvalue weighted by Gasteiger charge is 2.01. The SMILES string of the molecule is COc1cccc(CN(C)CCCCCNC(C)C)c1. The van der Waals surface area contributed by atoms with Crippen LogP contribution >= 0.6 is 0 Å². The van der Waals surface area contributed by atoms with Crippen molar-refractivity contribution >= 4 is 0 Å². The second-order valence-corrected chi connectivity index (χ2v) is 5.76. The first-order valence-corrected chi connectivity index (χ1v) is 7.66. The van der Waals surface area contributed by atoms with Crippen LogP contribution in [0.2, 0.25) is 0 Å².